The average Bonchev–Trinajstić information content (AvgIpc) is 3.21. The third kappa shape index (κ3) is 1.91. The van der Waals surface area contributed by atoms with Gasteiger partial charge < -0.3 is 11.1 Å². The van der Waals surface area contributed by atoms with Gasteiger partial charge in [0, 0.05) is 23.1 Å². The van der Waals surface area contributed by atoms with E-state index in [1.165, 1.54) is 36.9 Å². The summed E-state index contributed by atoms with van der Waals surface area (Å²) in [4.78, 5) is 5.03. The summed E-state index contributed by atoms with van der Waals surface area (Å²) < 4.78 is 1.91. The summed E-state index contributed by atoms with van der Waals surface area (Å²) in [7, 11) is 0. The van der Waals surface area contributed by atoms with Gasteiger partial charge in [-0.2, -0.15) is 9.61 Å². The third-order valence-corrected chi connectivity index (χ3v) is 6.91. The number of rotatable bonds is 2. The van der Waals surface area contributed by atoms with Crippen molar-refractivity contribution in [3.05, 3.63) is 22.5 Å². The van der Waals surface area contributed by atoms with E-state index in [-0.39, 0.29) is 5.41 Å². The van der Waals surface area contributed by atoms with Crippen LogP contribution in [0.25, 0.3) is 5.65 Å². The lowest BCUT2D eigenvalue weighted by Gasteiger charge is -2.34. The van der Waals surface area contributed by atoms with Crippen molar-refractivity contribution in [2.24, 2.45) is 11.7 Å². The minimum atomic E-state index is 0.247. The summed E-state index contributed by atoms with van der Waals surface area (Å²) in [6.45, 7) is 2.39. The quantitative estimate of drug-likeness (QED) is 0.876. The summed E-state index contributed by atoms with van der Waals surface area (Å²) in [5.74, 6) is 1.74. The number of aromatic nitrogens is 3. The minimum absolute atomic E-state index is 0.247. The van der Waals surface area contributed by atoms with Crippen molar-refractivity contribution in [2.75, 3.05) is 5.32 Å². The number of nitrogens with zero attached hydrogens (tertiary/aromatic N) is 3. The summed E-state index contributed by atoms with van der Waals surface area (Å²) >= 11 is 6.39. The van der Waals surface area contributed by atoms with Gasteiger partial charge in [-0.3, -0.25) is 0 Å². The molecule has 5 rings (SSSR count). The fourth-order valence-electron chi connectivity index (χ4n) is 5.20. The first-order valence-electron chi connectivity index (χ1n) is 9.17. The highest BCUT2D eigenvalue weighted by molar-refractivity contribution is 6.33. The molecule has 2 aromatic heterocycles. The standard InChI is InChI=1S/C18H24ClN5/c1-10-6-13-15(18(10)4-2-3-5-18)23-17-14(19)9-21-24(17)16(13)22-12-7-11(20)8-12/h9-12,22H,2-8,20H2,1H3. The zero-order chi connectivity index (χ0) is 16.5. The van der Waals surface area contributed by atoms with Crippen LogP contribution in [0.2, 0.25) is 5.02 Å². The first kappa shape index (κ1) is 15.0. The molecule has 0 saturated heterocycles. The molecule has 0 aliphatic heterocycles. The number of hydrogen-bond donors (Lipinski definition) is 2. The summed E-state index contributed by atoms with van der Waals surface area (Å²) in [5, 5.41) is 8.85. The molecule has 3 aliphatic carbocycles. The fraction of sp³-hybridized carbons (Fsp3) is 0.667. The maximum absolute atomic E-state index is 6.39. The van der Waals surface area contributed by atoms with Crippen molar-refractivity contribution in [1.29, 1.82) is 0 Å². The van der Waals surface area contributed by atoms with Gasteiger partial charge in [0.1, 0.15) is 10.8 Å². The Bertz CT molecular complexity index is 801. The van der Waals surface area contributed by atoms with Gasteiger partial charge in [0.05, 0.1) is 11.9 Å². The van der Waals surface area contributed by atoms with Crippen LogP contribution >= 0.6 is 11.6 Å². The molecule has 2 heterocycles. The van der Waals surface area contributed by atoms with Crippen LogP contribution in [0.1, 0.15) is 56.7 Å². The second-order valence-corrected chi connectivity index (χ2v) is 8.46. The van der Waals surface area contributed by atoms with Gasteiger partial charge in [0.15, 0.2) is 5.65 Å². The lowest BCUT2D eigenvalue weighted by atomic mass is 9.76. The molecule has 128 valence electrons. The molecule has 5 nitrogen and oxygen atoms in total. The van der Waals surface area contributed by atoms with E-state index in [4.69, 9.17) is 22.3 Å². The topological polar surface area (TPSA) is 68.2 Å². The molecule has 0 radical (unpaired) electrons. The number of anilines is 1. The van der Waals surface area contributed by atoms with E-state index < -0.39 is 0 Å². The van der Waals surface area contributed by atoms with Crippen molar-refractivity contribution in [3.8, 4) is 0 Å². The molecule has 24 heavy (non-hydrogen) atoms. The maximum Gasteiger partial charge on any atom is 0.176 e. The van der Waals surface area contributed by atoms with E-state index in [2.05, 4.69) is 17.3 Å². The molecule has 2 fully saturated rings. The predicted molar refractivity (Wildman–Crippen MR) is 95.6 cm³/mol. The maximum atomic E-state index is 6.39. The largest absolute Gasteiger partial charge is 0.367 e. The van der Waals surface area contributed by atoms with Gasteiger partial charge in [-0.25, -0.2) is 4.98 Å². The van der Waals surface area contributed by atoms with E-state index >= 15 is 0 Å². The van der Waals surface area contributed by atoms with E-state index in [0.717, 1.165) is 30.7 Å². The van der Waals surface area contributed by atoms with Crippen LogP contribution in [0.5, 0.6) is 0 Å². The van der Waals surface area contributed by atoms with E-state index in [1.54, 1.807) is 6.20 Å². The second kappa shape index (κ2) is 5.09. The number of hydrogen-bond acceptors (Lipinski definition) is 4. The normalized spacial score (nSPS) is 30.7. The monoisotopic (exact) mass is 345 g/mol. The van der Waals surface area contributed by atoms with Crippen LogP contribution in [0, 0.1) is 5.92 Å². The Labute approximate surface area is 147 Å². The van der Waals surface area contributed by atoms with Crippen LogP contribution in [-0.4, -0.2) is 26.7 Å². The lowest BCUT2D eigenvalue weighted by molar-refractivity contribution is 0.316. The Hall–Kier alpha value is -1.33. The van der Waals surface area contributed by atoms with Crippen molar-refractivity contribution < 1.29 is 0 Å². The van der Waals surface area contributed by atoms with Gasteiger partial charge in [-0.15, -0.1) is 0 Å². The lowest BCUT2D eigenvalue weighted by Crippen LogP contribution is -2.45. The van der Waals surface area contributed by atoms with Crippen LogP contribution < -0.4 is 11.1 Å². The van der Waals surface area contributed by atoms with Gasteiger partial charge >= 0.3 is 0 Å². The van der Waals surface area contributed by atoms with Gasteiger partial charge in [0.2, 0.25) is 0 Å². The third-order valence-electron chi connectivity index (χ3n) is 6.64. The zero-order valence-corrected chi connectivity index (χ0v) is 14.8. The molecule has 1 atom stereocenters. The molecule has 6 heteroatoms. The smallest absolute Gasteiger partial charge is 0.176 e. The molecule has 0 aromatic carbocycles. The van der Waals surface area contributed by atoms with Crippen LogP contribution in [0.15, 0.2) is 6.20 Å². The van der Waals surface area contributed by atoms with E-state index in [1.807, 2.05) is 4.52 Å². The molecule has 1 unspecified atom stereocenters. The van der Waals surface area contributed by atoms with Crippen LogP contribution in [-0.2, 0) is 11.8 Å². The fourth-order valence-corrected chi connectivity index (χ4v) is 5.36. The summed E-state index contributed by atoms with van der Waals surface area (Å²) in [6, 6.07) is 0.766. The van der Waals surface area contributed by atoms with E-state index in [9.17, 15) is 0 Å². The van der Waals surface area contributed by atoms with Crippen LogP contribution in [0.4, 0.5) is 5.82 Å². The Kier molecular flexibility index (Phi) is 3.17. The van der Waals surface area contributed by atoms with E-state index in [0.29, 0.717) is 23.0 Å². The van der Waals surface area contributed by atoms with Crippen molar-refractivity contribution in [2.45, 2.75) is 69.4 Å². The molecule has 2 saturated carbocycles. The van der Waals surface area contributed by atoms with Crippen molar-refractivity contribution in [3.63, 3.8) is 0 Å². The molecule has 1 spiro atoms. The number of fused-ring (bicyclic) bond motifs is 3. The van der Waals surface area contributed by atoms with Gasteiger partial charge in [-0.05, 0) is 38.0 Å². The summed E-state index contributed by atoms with van der Waals surface area (Å²) in [6.07, 6.45) is 9.96. The number of nitrogens with one attached hydrogen (secondary N) is 1. The molecular formula is C18H24ClN5. The molecule has 0 bridgehead atoms. The molecule has 2 aromatic rings. The Morgan fingerprint density at radius 2 is 2.08 bits per heavy atom. The second-order valence-electron chi connectivity index (χ2n) is 8.06. The molecule has 0 amide bonds. The van der Waals surface area contributed by atoms with Crippen molar-refractivity contribution in [1.82, 2.24) is 14.6 Å². The number of nitrogens with two attached hydrogens (primary N) is 1. The highest BCUT2D eigenvalue weighted by Crippen LogP contribution is 2.54. The molecule has 3 aliphatic rings. The zero-order valence-electron chi connectivity index (χ0n) is 14.1. The SMILES string of the molecule is CC1Cc2c(nc3c(Cl)cnn3c2NC2CC(N)C2)C12CCCC2. The van der Waals surface area contributed by atoms with Crippen molar-refractivity contribution >= 4 is 23.1 Å². The highest BCUT2D eigenvalue weighted by atomic mass is 35.5. The summed E-state index contributed by atoms with van der Waals surface area (Å²) in [5.41, 5.74) is 9.66. The molecule has 3 N–H and O–H groups in total. The first-order valence-corrected chi connectivity index (χ1v) is 9.55. The predicted octanol–water partition coefficient (Wildman–Crippen LogP) is 3.29. The Balaban J connectivity index is 1.68. The minimum Gasteiger partial charge on any atom is -0.367 e. The van der Waals surface area contributed by atoms with Gasteiger partial charge in [-0.1, -0.05) is 31.4 Å². The highest BCUT2D eigenvalue weighted by Gasteiger charge is 2.49. The van der Waals surface area contributed by atoms with Crippen LogP contribution in [0.3, 0.4) is 0 Å². The van der Waals surface area contributed by atoms with Gasteiger partial charge in [0.25, 0.3) is 0 Å². The Morgan fingerprint density at radius 1 is 1.33 bits per heavy atom. The average molecular weight is 346 g/mol. The molecular weight excluding hydrogens is 322 g/mol. The Morgan fingerprint density at radius 3 is 2.79 bits per heavy atom. The first-order chi connectivity index (χ1) is 11.6. The number of halogens is 1.